The number of hydrogen-bond donors (Lipinski definition) is 1. The van der Waals surface area contributed by atoms with Crippen LogP contribution in [-0.2, 0) is 4.74 Å². The van der Waals surface area contributed by atoms with Crippen LogP contribution in [0.4, 0.5) is 8.78 Å². The van der Waals surface area contributed by atoms with Crippen LogP contribution in [0.15, 0.2) is 24.5 Å². The molecule has 2 aromatic heterocycles. The molecule has 22 heavy (non-hydrogen) atoms. The van der Waals surface area contributed by atoms with Gasteiger partial charge in [-0.2, -0.15) is 23.6 Å². The van der Waals surface area contributed by atoms with Crippen LogP contribution in [-0.4, -0.2) is 39.5 Å². The molecule has 6 nitrogen and oxygen atoms in total. The number of aromatic nitrogens is 3. The minimum Gasteiger partial charge on any atom is -0.347 e. The number of carbonyl (C=O) groups is 1. The number of nitrogens with zero attached hydrogens (tertiary/aromatic N) is 3. The molecule has 1 amide bonds. The summed E-state index contributed by atoms with van der Waals surface area (Å²) in [6.07, 6.45) is 5.18. The van der Waals surface area contributed by atoms with Crippen molar-refractivity contribution in [1.82, 2.24) is 20.1 Å². The van der Waals surface area contributed by atoms with Crippen LogP contribution in [0.25, 0.3) is 5.52 Å². The molecule has 2 aromatic rings. The van der Waals surface area contributed by atoms with Gasteiger partial charge in [-0.1, -0.05) is 12.8 Å². The van der Waals surface area contributed by atoms with E-state index in [4.69, 9.17) is 0 Å². The lowest BCUT2D eigenvalue weighted by Crippen LogP contribution is -2.46. The topological polar surface area (TPSA) is 68.5 Å². The normalized spacial score (nSPS) is 22.1. The van der Waals surface area contributed by atoms with E-state index in [0.29, 0.717) is 23.9 Å². The standard InChI is InChI=1S/C14H16F2N4O2/c15-14(16)22-12-6-2-1-4-10(12)19-13(21)9-8-18-20-11(9)5-3-7-17-20/h3,5,7-8,10,12,14H,1-2,4,6H2,(H,19,21)/t10-,12-/m1/s1. The fraction of sp³-hybridized carbons (Fsp3) is 0.500. The minimum absolute atomic E-state index is 0.349. The van der Waals surface area contributed by atoms with Gasteiger partial charge in [-0.25, -0.2) is 0 Å². The molecule has 1 aliphatic carbocycles. The Labute approximate surface area is 125 Å². The first-order chi connectivity index (χ1) is 10.6. The Morgan fingerprint density at radius 2 is 2.18 bits per heavy atom. The number of amides is 1. The Kier molecular flexibility index (Phi) is 4.28. The smallest absolute Gasteiger partial charge is 0.345 e. The molecular weight excluding hydrogens is 294 g/mol. The van der Waals surface area contributed by atoms with Crippen molar-refractivity contribution < 1.29 is 18.3 Å². The third-order valence-electron chi connectivity index (χ3n) is 3.85. The van der Waals surface area contributed by atoms with E-state index >= 15 is 0 Å². The molecule has 2 atom stereocenters. The first kappa shape index (κ1) is 14.8. The SMILES string of the molecule is O=C(N[C@@H]1CCCC[C@H]1OC(F)F)c1cnn2ncccc12. The summed E-state index contributed by atoms with van der Waals surface area (Å²) in [5.74, 6) is -0.349. The Hall–Kier alpha value is -2.09. The monoisotopic (exact) mass is 310 g/mol. The highest BCUT2D eigenvalue weighted by Crippen LogP contribution is 2.23. The van der Waals surface area contributed by atoms with E-state index < -0.39 is 18.8 Å². The summed E-state index contributed by atoms with van der Waals surface area (Å²) in [4.78, 5) is 12.4. The highest BCUT2D eigenvalue weighted by molar-refractivity contribution is 6.00. The number of rotatable bonds is 4. The molecule has 118 valence electrons. The second-order valence-corrected chi connectivity index (χ2v) is 5.26. The van der Waals surface area contributed by atoms with Crippen molar-refractivity contribution in [3.05, 3.63) is 30.1 Å². The van der Waals surface area contributed by atoms with Gasteiger partial charge in [0.25, 0.3) is 5.91 Å². The number of nitrogens with one attached hydrogen (secondary N) is 1. The fourth-order valence-corrected chi connectivity index (χ4v) is 2.81. The van der Waals surface area contributed by atoms with Gasteiger partial charge in [-0.3, -0.25) is 4.79 Å². The average Bonchev–Trinajstić information content (AvgIpc) is 2.93. The zero-order valence-electron chi connectivity index (χ0n) is 11.8. The van der Waals surface area contributed by atoms with Gasteiger partial charge in [0.15, 0.2) is 0 Å². The van der Waals surface area contributed by atoms with Crippen molar-refractivity contribution in [1.29, 1.82) is 0 Å². The van der Waals surface area contributed by atoms with Crippen molar-refractivity contribution in [2.75, 3.05) is 0 Å². The van der Waals surface area contributed by atoms with E-state index in [9.17, 15) is 13.6 Å². The summed E-state index contributed by atoms with van der Waals surface area (Å²) < 4.78 is 30.9. The second-order valence-electron chi connectivity index (χ2n) is 5.26. The molecule has 1 fully saturated rings. The Bertz CT molecular complexity index is 661. The van der Waals surface area contributed by atoms with Crippen molar-refractivity contribution in [2.24, 2.45) is 0 Å². The first-order valence-electron chi connectivity index (χ1n) is 7.18. The molecule has 0 saturated heterocycles. The van der Waals surface area contributed by atoms with Crippen LogP contribution in [0.2, 0.25) is 0 Å². The second kappa shape index (κ2) is 6.35. The Balaban J connectivity index is 1.74. The molecule has 0 unspecified atom stereocenters. The van der Waals surface area contributed by atoms with Crippen molar-refractivity contribution in [3.63, 3.8) is 0 Å². The minimum atomic E-state index is -2.83. The summed E-state index contributed by atoms with van der Waals surface area (Å²) in [6.45, 7) is -2.83. The van der Waals surface area contributed by atoms with Crippen molar-refractivity contribution in [2.45, 2.75) is 44.4 Å². The van der Waals surface area contributed by atoms with E-state index in [1.54, 1.807) is 18.3 Å². The van der Waals surface area contributed by atoms with Gasteiger partial charge in [-0.15, -0.1) is 0 Å². The Morgan fingerprint density at radius 1 is 1.36 bits per heavy atom. The molecule has 8 heteroatoms. The van der Waals surface area contributed by atoms with Gasteiger partial charge >= 0.3 is 6.61 Å². The molecule has 0 radical (unpaired) electrons. The average molecular weight is 310 g/mol. The zero-order chi connectivity index (χ0) is 15.5. The third-order valence-corrected chi connectivity index (χ3v) is 3.85. The van der Waals surface area contributed by atoms with Gasteiger partial charge < -0.3 is 10.1 Å². The lowest BCUT2D eigenvalue weighted by atomic mass is 9.92. The maximum atomic E-state index is 12.5. The number of hydrogen-bond acceptors (Lipinski definition) is 4. The summed E-state index contributed by atoms with van der Waals surface area (Å²) in [5.41, 5.74) is 0.941. The quantitative estimate of drug-likeness (QED) is 0.938. The van der Waals surface area contributed by atoms with Gasteiger partial charge in [0, 0.05) is 6.20 Å². The van der Waals surface area contributed by atoms with Crippen molar-refractivity contribution in [3.8, 4) is 0 Å². The molecule has 0 spiro atoms. The molecule has 1 saturated carbocycles. The van der Waals surface area contributed by atoms with Gasteiger partial charge in [0.2, 0.25) is 0 Å². The number of fused-ring (bicyclic) bond motifs is 1. The first-order valence-corrected chi connectivity index (χ1v) is 7.18. The van der Waals surface area contributed by atoms with Crippen LogP contribution < -0.4 is 5.32 Å². The summed E-state index contributed by atoms with van der Waals surface area (Å²) >= 11 is 0. The number of halogens is 2. The molecule has 3 rings (SSSR count). The highest BCUT2D eigenvalue weighted by atomic mass is 19.3. The zero-order valence-corrected chi connectivity index (χ0v) is 11.8. The van der Waals surface area contributed by atoms with E-state index in [0.717, 1.165) is 12.8 Å². The van der Waals surface area contributed by atoms with Gasteiger partial charge in [0.1, 0.15) is 5.52 Å². The Morgan fingerprint density at radius 3 is 3.00 bits per heavy atom. The number of carbonyl (C=O) groups excluding carboxylic acids is 1. The van der Waals surface area contributed by atoms with E-state index in [-0.39, 0.29) is 5.91 Å². The highest BCUT2D eigenvalue weighted by Gasteiger charge is 2.30. The molecule has 1 aliphatic rings. The van der Waals surface area contributed by atoms with Crippen LogP contribution in [0.1, 0.15) is 36.0 Å². The maximum absolute atomic E-state index is 12.5. The lowest BCUT2D eigenvalue weighted by molar-refractivity contribution is -0.175. The molecular formula is C14H16F2N4O2. The van der Waals surface area contributed by atoms with Crippen LogP contribution in [0.5, 0.6) is 0 Å². The summed E-state index contributed by atoms with van der Waals surface area (Å²) in [5, 5.41) is 10.8. The van der Waals surface area contributed by atoms with Gasteiger partial charge in [-0.05, 0) is 25.0 Å². The van der Waals surface area contributed by atoms with Crippen LogP contribution >= 0.6 is 0 Å². The molecule has 0 bridgehead atoms. The summed E-state index contributed by atoms with van der Waals surface area (Å²) in [6, 6.07) is 3.02. The van der Waals surface area contributed by atoms with Crippen LogP contribution in [0.3, 0.4) is 0 Å². The molecule has 0 aromatic carbocycles. The summed E-state index contributed by atoms with van der Waals surface area (Å²) in [7, 11) is 0. The fourth-order valence-electron chi connectivity index (χ4n) is 2.81. The number of alkyl halides is 2. The van der Waals surface area contributed by atoms with E-state index in [1.807, 2.05) is 0 Å². The van der Waals surface area contributed by atoms with Gasteiger partial charge in [0.05, 0.1) is 23.9 Å². The van der Waals surface area contributed by atoms with E-state index in [2.05, 4.69) is 20.3 Å². The molecule has 1 N–H and O–H groups in total. The lowest BCUT2D eigenvalue weighted by Gasteiger charge is -2.31. The predicted octanol–water partition coefficient (Wildman–Crippen LogP) is 2.01. The predicted molar refractivity (Wildman–Crippen MR) is 73.6 cm³/mol. The van der Waals surface area contributed by atoms with E-state index in [1.165, 1.54) is 10.8 Å². The third kappa shape index (κ3) is 3.06. The number of ether oxygens (including phenoxy) is 1. The molecule has 2 heterocycles. The maximum Gasteiger partial charge on any atom is 0.345 e. The largest absolute Gasteiger partial charge is 0.347 e. The molecule has 0 aliphatic heterocycles. The van der Waals surface area contributed by atoms with Crippen LogP contribution in [0, 0.1) is 0 Å². The van der Waals surface area contributed by atoms with Crippen molar-refractivity contribution >= 4 is 11.4 Å².